The number of ether oxygens (including phenoxy) is 2. The summed E-state index contributed by atoms with van der Waals surface area (Å²) in [5.74, 6) is 1.01. The topological polar surface area (TPSA) is 72.6 Å². The van der Waals surface area contributed by atoms with Crippen LogP contribution >= 0.6 is 0 Å². The smallest absolute Gasteiger partial charge is 0.147 e. The zero-order valence-electron chi connectivity index (χ0n) is 14.1. The minimum atomic E-state index is -0.0594. The Morgan fingerprint density at radius 3 is 3.04 bits per heavy atom. The number of rotatable bonds is 7. The van der Waals surface area contributed by atoms with E-state index in [4.69, 9.17) is 14.6 Å². The number of methoxy groups -OCH3 is 1. The Hall–Kier alpha value is -1.02. The molecule has 0 spiro atoms. The molecule has 23 heavy (non-hydrogen) atoms. The molecule has 3 rings (SSSR count). The molecule has 1 aliphatic carbocycles. The predicted molar refractivity (Wildman–Crippen MR) is 84.9 cm³/mol. The van der Waals surface area contributed by atoms with Gasteiger partial charge in [-0.2, -0.15) is 0 Å². The van der Waals surface area contributed by atoms with E-state index in [0.29, 0.717) is 12.6 Å². The summed E-state index contributed by atoms with van der Waals surface area (Å²) in [6.07, 6.45) is 6.03. The van der Waals surface area contributed by atoms with Crippen molar-refractivity contribution in [3.8, 4) is 0 Å². The minimum Gasteiger partial charge on any atom is -0.394 e. The molecule has 0 amide bonds. The number of nitrogens with zero attached hydrogens (tertiary/aromatic N) is 4. The summed E-state index contributed by atoms with van der Waals surface area (Å²) in [6, 6.07) is 0.340. The molecule has 2 aliphatic rings. The van der Waals surface area contributed by atoms with Crippen molar-refractivity contribution in [2.24, 2.45) is 0 Å². The molecule has 1 aliphatic heterocycles. The van der Waals surface area contributed by atoms with Gasteiger partial charge in [0, 0.05) is 26.2 Å². The first-order valence-electron chi connectivity index (χ1n) is 8.60. The average molecular weight is 324 g/mol. The average Bonchev–Trinajstić information content (AvgIpc) is 3.18. The third-order valence-corrected chi connectivity index (χ3v) is 5.48. The van der Waals surface area contributed by atoms with Gasteiger partial charge in [-0.3, -0.25) is 4.90 Å². The zero-order chi connectivity index (χ0) is 16.3. The van der Waals surface area contributed by atoms with Crippen LogP contribution in [0.3, 0.4) is 0 Å². The van der Waals surface area contributed by atoms with Crippen molar-refractivity contribution in [3.05, 3.63) is 12.2 Å². The fourth-order valence-corrected chi connectivity index (χ4v) is 4.16. The highest BCUT2D eigenvalue weighted by Crippen LogP contribution is 2.43. The Labute approximate surface area is 137 Å². The lowest BCUT2D eigenvalue weighted by molar-refractivity contribution is -0.104. The van der Waals surface area contributed by atoms with E-state index in [-0.39, 0.29) is 18.3 Å². The number of hydrogen-bond acceptors (Lipinski definition) is 6. The van der Waals surface area contributed by atoms with Crippen molar-refractivity contribution in [3.63, 3.8) is 0 Å². The van der Waals surface area contributed by atoms with Gasteiger partial charge in [-0.25, -0.2) is 0 Å². The molecule has 0 radical (unpaired) electrons. The SMILES string of the molecule is CCn1cnnc1CN1CC[C@]2(OC)CC[C@@H](OCCO)C[C@H]12. The van der Waals surface area contributed by atoms with Crippen LogP contribution in [0.1, 0.15) is 38.4 Å². The van der Waals surface area contributed by atoms with Crippen molar-refractivity contribution in [2.75, 3.05) is 26.9 Å². The normalized spacial score (nSPS) is 31.4. The maximum Gasteiger partial charge on any atom is 0.147 e. The molecule has 1 saturated carbocycles. The largest absolute Gasteiger partial charge is 0.394 e. The Bertz CT molecular complexity index is 509. The summed E-state index contributed by atoms with van der Waals surface area (Å²) in [5.41, 5.74) is -0.0594. The summed E-state index contributed by atoms with van der Waals surface area (Å²) in [7, 11) is 1.83. The van der Waals surface area contributed by atoms with Crippen LogP contribution in [-0.4, -0.2) is 69.4 Å². The Morgan fingerprint density at radius 2 is 2.30 bits per heavy atom. The molecule has 0 bridgehead atoms. The van der Waals surface area contributed by atoms with E-state index in [1.54, 1.807) is 6.33 Å². The standard InChI is InChI=1S/C16H28N4O3/c1-3-19-12-17-18-15(19)11-20-7-6-16(22-2)5-4-13(10-14(16)20)23-9-8-21/h12-14,21H,3-11H2,1-2H3/t13-,14+,16-/m1/s1. The Morgan fingerprint density at radius 1 is 1.43 bits per heavy atom. The summed E-state index contributed by atoms with van der Waals surface area (Å²) >= 11 is 0. The van der Waals surface area contributed by atoms with Gasteiger partial charge in [0.15, 0.2) is 0 Å². The van der Waals surface area contributed by atoms with Gasteiger partial charge in [-0.05, 0) is 32.6 Å². The number of likely N-dealkylation sites (tertiary alicyclic amines) is 1. The minimum absolute atomic E-state index is 0.0594. The second-order valence-corrected chi connectivity index (χ2v) is 6.53. The lowest BCUT2D eigenvalue weighted by Gasteiger charge is -2.43. The van der Waals surface area contributed by atoms with Crippen LogP contribution < -0.4 is 0 Å². The molecule has 2 fully saturated rings. The molecule has 7 heteroatoms. The predicted octanol–water partition coefficient (Wildman–Crippen LogP) is 0.819. The molecule has 0 unspecified atom stereocenters. The lowest BCUT2D eigenvalue weighted by atomic mass is 9.79. The number of hydrogen-bond donors (Lipinski definition) is 1. The van der Waals surface area contributed by atoms with Gasteiger partial charge in [0.2, 0.25) is 0 Å². The second-order valence-electron chi connectivity index (χ2n) is 6.53. The zero-order valence-corrected chi connectivity index (χ0v) is 14.1. The van der Waals surface area contributed by atoms with Crippen LogP contribution in [0.15, 0.2) is 6.33 Å². The van der Waals surface area contributed by atoms with Gasteiger partial charge < -0.3 is 19.1 Å². The van der Waals surface area contributed by atoms with Crippen LogP contribution in [-0.2, 0) is 22.6 Å². The third kappa shape index (κ3) is 3.28. The van der Waals surface area contributed by atoms with Crippen LogP contribution in [0.2, 0.25) is 0 Å². The first-order valence-corrected chi connectivity index (χ1v) is 8.60. The van der Waals surface area contributed by atoms with Gasteiger partial charge in [0.1, 0.15) is 12.2 Å². The van der Waals surface area contributed by atoms with Gasteiger partial charge in [-0.15, -0.1) is 10.2 Å². The molecule has 7 nitrogen and oxygen atoms in total. The fourth-order valence-electron chi connectivity index (χ4n) is 4.16. The molecule has 0 aromatic carbocycles. The Balaban J connectivity index is 1.71. The number of aliphatic hydroxyl groups is 1. The van der Waals surface area contributed by atoms with Crippen molar-refractivity contribution < 1.29 is 14.6 Å². The van der Waals surface area contributed by atoms with E-state index in [0.717, 1.165) is 51.1 Å². The Kier molecular flexibility index (Phi) is 5.31. The van der Waals surface area contributed by atoms with E-state index >= 15 is 0 Å². The number of aromatic nitrogens is 3. The van der Waals surface area contributed by atoms with Crippen LogP contribution in [0.4, 0.5) is 0 Å². The monoisotopic (exact) mass is 324 g/mol. The first kappa shape index (κ1) is 16.8. The molecular weight excluding hydrogens is 296 g/mol. The van der Waals surface area contributed by atoms with Gasteiger partial charge >= 0.3 is 0 Å². The molecule has 3 atom stereocenters. The molecule has 2 heterocycles. The van der Waals surface area contributed by atoms with E-state index < -0.39 is 0 Å². The van der Waals surface area contributed by atoms with Crippen LogP contribution in [0, 0.1) is 0 Å². The van der Waals surface area contributed by atoms with Crippen molar-refractivity contribution in [2.45, 2.75) is 63.4 Å². The second kappa shape index (κ2) is 7.25. The van der Waals surface area contributed by atoms with Crippen LogP contribution in [0.5, 0.6) is 0 Å². The van der Waals surface area contributed by atoms with Gasteiger partial charge in [-0.1, -0.05) is 0 Å². The molecule has 1 N–H and O–H groups in total. The lowest BCUT2D eigenvalue weighted by Crippen LogP contribution is -2.51. The molecule has 1 aromatic heterocycles. The maximum atomic E-state index is 8.98. The van der Waals surface area contributed by atoms with Crippen molar-refractivity contribution in [1.82, 2.24) is 19.7 Å². The van der Waals surface area contributed by atoms with E-state index in [1.807, 2.05) is 7.11 Å². The molecule has 1 aromatic rings. The first-order chi connectivity index (χ1) is 11.2. The summed E-state index contributed by atoms with van der Waals surface area (Å²) in [4.78, 5) is 2.47. The van der Waals surface area contributed by atoms with Gasteiger partial charge in [0.05, 0.1) is 31.5 Å². The van der Waals surface area contributed by atoms with Gasteiger partial charge in [0.25, 0.3) is 0 Å². The number of fused-ring (bicyclic) bond motifs is 1. The van der Waals surface area contributed by atoms with Crippen molar-refractivity contribution >= 4 is 0 Å². The summed E-state index contributed by atoms with van der Waals surface area (Å²) in [6.45, 7) is 5.31. The summed E-state index contributed by atoms with van der Waals surface area (Å²) < 4.78 is 13.9. The van der Waals surface area contributed by atoms with E-state index in [9.17, 15) is 0 Å². The fraction of sp³-hybridized carbons (Fsp3) is 0.875. The van der Waals surface area contributed by atoms with E-state index in [2.05, 4.69) is 26.6 Å². The quantitative estimate of drug-likeness (QED) is 0.800. The van der Waals surface area contributed by atoms with Crippen molar-refractivity contribution in [1.29, 1.82) is 0 Å². The third-order valence-electron chi connectivity index (χ3n) is 5.48. The number of aliphatic hydroxyl groups excluding tert-OH is 1. The highest BCUT2D eigenvalue weighted by molar-refractivity contribution is 5.06. The summed E-state index contributed by atoms with van der Waals surface area (Å²) in [5, 5.41) is 17.3. The molecule has 130 valence electrons. The number of aryl methyl sites for hydroxylation is 1. The maximum absolute atomic E-state index is 8.98. The molecular formula is C16H28N4O3. The highest BCUT2D eigenvalue weighted by Gasteiger charge is 2.51. The highest BCUT2D eigenvalue weighted by atomic mass is 16.5. The van der Waals surface area contributed by atoms with E-state index in [1.165, 1.54) is 0 Å². The van der Waals surface area contributed by atoms with Crippen LogP contribution in [0.25, 0.3) is 0 Å². The molecule has 1 saturated heterocycles.